The quantitative estimate of drug-likeness (QED) is 0.0420. The van der Waals surface area contributed by atoms with Gasteiger partial charge in [-0.3, -0.25) is 4.79 Å². The van der Waals surface area contributed by atoms with Crippen molar-refractivity contribution in [1.29, 1.82) is 0 Å². The number of aliphatic hydroxyl groups excluding tert-OH is 2. The molecule has 0 aliphatic heterocycles. The number of hydrogen-bond donors (Lipinski definition) is 3. The van der Waals surface area contributed by atoms with Gasteiger partial charge in [-0.2, -0.15) is 0 Å². The van der Waals surface area contributed by atoms with Gasteiger partial charge in [0.05, 0.1) is 18.8 Å². The van der Waals surface area contributed by atoms with Crippen molar-refractivity contribution in [2.24, 2.45) is 0 Å². The lowest BCUT2D eigenvalue weighted by atomic mass is 10.0. The molecular formula is C80H141NO3. The fraction of sp³-hybridized carbons (Fsp3) is 0.738. The highest BCUT2D eigenvalue weighted by molar-refractivity contribution is 5.76. The summed E-state index contributed by atoms with van der Waals surface area (Å²) in [5.74, 6) is -0.0398. The van der Waals surface area contributed by atoms with Crippen molar-refractivity contribution >= 4 is 5.91 Å². The number of aliphatic hydroxyl groups is 2. The molecular weight excluding hydrogens is 1020 g/mol. The summed E-state index contributed by atoms with van der Waals surface area (Å²) >= 11 is 0. The van der Waals surface area contributed by atoms with Crippen LogP contribution in [0.3, 0.4) is 0 Å². The monoisotopic (exact) mass is 1160 g/mol. The second-order valence-electron chi connectivity index (χ2n) is 24.6. The van der Waals surface area contributed by atoms with Gasteiger partial charge in [0.2, 0.25) is 5.91 Å². The van der Waals surface area contributed by atoms with Crippen LogP contribution in [0.25, 0.3) is 0 Å². The van der Waals surface area contributed by atoms with E-state index in [9.17, 15) is 15.0 Å². The molecule has 2 unspecified atom stereocenters. The third-order valence-corrected chi connectivity index (χ3v) is 16.5. The summed E-state index contributed by atoms with van der Waals surface area (Å²) in [7, 11) is 0. The standard InChI is InChI=1S/C80H141NO3/c1-3-5-7-9-11-13-15-17-19-21-23-25-27-29-31-33-35-37-38-39-40-41-42-44-46-48-50-52-54-56-58-60-62-64-66-68-70-72-74-76-80(84)81-78(77-82)79(83)75-73-71-69-67-65-63-61-59-57-55-53-51-49-47-45-43-36-34-32-30-28-26-24-22-20-18-16-14-12-10-8-6-4-2/h5,7,11,13,17,19,23,25,29,31,35,37,39-40,42,44,48,50,54,56,78-79,82-83H,3-4,6,8-10,12,14-16,18,20-22,24,26-28,30,32-34,36,38,41,43,45-47,49,51-53,55,57-77H2,1-2H3,(H,81,84)/b7-5-,13-11-,19-17-,25-23-,31-29-,37-35-,40-39-,44-42-,50-48-,56-54-. The van der Waals surface area contributed by atoms with Crippen LogP contribution >= 0.6 is 0 Å². The number of amides is 1. The molecule has 0 rings (SSSR count). The van der Waals surface area contributed by atoms with Gasteiger partial charge in [0.1, 0.15) is 0 Å². The Hall–Kier alpha value is -3.21. The molecule has 4 heteroatoms. The maximum absolute atomic E-state index is 12.6. The number of unbranched alkanes of at least 4 members (excludes halogenated alkanes) is 40. The molecule has 0 fully saturated rings. The highest BCUT2D eigenvalue weighted by Gasteiger charge is 2.20. The zero-order chi connectivity index (χ0) is 60.5. The zero-order valence-electron chi connectivity index (χ0n) is 55.9. The number of carbonyl (C=O) groups excluding carboxylic acids is 1. The molecule has 0 aromatic heterocycles. The molecule has 484 valence electrons. The van der Waals surface area contributed by atoms with Gasteiger partial charge < -0.3 is 15.5 Å². The van der Waals surface area contributed by atoms with Crippen molar-refractivity contribution in [3.63, 3.8) is 0 Å². The van der Waals surface area contributed by atoms with Gasteiger partial charge in [-0.25, -0.2) is 0 Å². The number of nitrogens with one attached hydrogen (secondary N) is 1. The Labute approximate surface area is 524 Å². The number of carbonyl (C=O) groups is 1. The minimum Gasteiger partial charge on any atom is -0.394 e. The van der Waals surface area contributed by atoms with Crippen LogP contribution in [0, 0.1) is 0 Å². The normalized spacial score (nSPS) is 13.4. The molecule has 4 nitrogen and oxygen atoms in total. The van der Waals surface area contributed by atoms with Crippen LogP contribution in [-0.2, 0) is 4.79 Å². The Kier molecular flexibility index (Phi) is 71.2. The number of allylic oxidation sites excluding steroid dienone is 20. The summed E-state index contributed by atoms with van der Waals surface area (Å²) in [5.41, 5.74) is 0. The summed E-state index contributed by atoms with van der Waals surface area (Å²) in [6.45, 7) is 4.27. The lowest BCUT2D eigenvalue weighted by Gasteiger charge is -2.22. The van der Waals surface area contributed by atoms with Crippen LogP contribution in [0.2, 0.25) is 0 Å². The van der Waals surface area contributed by atoms with E-state index in [1.807, 2.05) is 0 Å². The SMILES string of the molecule is CC/C=C\C/C=C\C/C=C\C/C=C\C/C=C\C/C=C\C/C=C\C/C=C\C/C=C\C/C=C\CCCCCCCCCCC(=O)NC(CO)C(O)CCCCCCCCCCCCCCCCCCCCCCCCCCCCCCCCCCC. The maximum Gasteiger partial charge on any atom is 0.220 e. The lowest BCUT2D eigenvalue weighted by molar-refractivity contribution is -0.123. The number of hydrogen-bond acceptors (Lipinski definition) is 3. The molecule has 2 atom stereocenters. The van der Waals surface area contributed by atoms with Crippen molar-refractivity contribution in [3.05, 3.63) is 122 Å². The third kappa shape index (κ3) is 69.6. The van der Waals surface area contributed by atoms with Gasteiger partial charge in [0, 0.05) is 6.42 Å². The molecule has 0 aliphatic rings. The molecule has 0 heterocycles. The van der Waals surface area contributed by atoms with E-state index in [4.69, 9.17) is 0 Å². The number of rotatable bonds is 67. The summed E-state index contributed by atoms with van der Waals surface area (Å²) in [6.07, 6.45) is 113. The largest absolute Gasteiger partial charge is 0.394 e. The van der Waals surface area contributed by atoms with E-state index < -0.39 is 12.1 Å². The predicted octanol–water partition coefficient (Wildman–Crippen LogP) is 25.5. The topological polar surface area (TPSA) is 69.6 Å². The van der Waals surface area contributed by atoms with Crippen molar-refractivity contribution in [1.82, 2.24) is 5.32 Å². The summed E-state index contributed by atoms with van der Waals surface area (Å²) < 4.78 is 0. The van der Waals surface area contributed by atoms with Gasteiger partial charge in [0.25, 0.3) is 0 Å². The minimum atomic E-state index is -0.674. The summed E-state index contributed by atoms with van der Waals surface area (Å²) in [5, 5.41) is 23.5. The third-order valence-electron chi connectivity index (χ3n) is 16.5. The average molecular weight is 1170 g/mol. The first-order valence-corrected chi connectivity index (χ1v) is 36.7. The first-order valence-electron chi connectivity index (χ1n) is 36.7. The zero-order valence-corrected chi connectivity index (χ0v) is 55.9. The highest BCUT2D eigenvalue weighted by atomic mass is 16.3. The van der Waals surface area contributed by atoms with Gasteiger partial charge in [-0.15, -0.1) is 0 Å². The summed E-state index contributed by atoms with van der Waals surface area (Å²) in [4.78, 5) is 12.6. The van der Waals surface area contributed by atoms with Crippen LogP contribution in [0.1, 0.15) is 361 Å². The molecule has 0 spiro atoms. The lowest BCUT2D eigenvalue weighted by Crippen LogP contribution is -2.45. The molecule has 0 radical (unpaired) electrons. The highest BCUT2D eigenvalue weighted by Crippen LogP contribution is 2.19. The van der Waals surface area contributed by atoms with Crippen LogP contribution < -0.4 is 5.32 Å². The Morgan fingerprint density at radius 2 is 0.524 bits per heavy atom. The van der Waals surface area contributed by atoms with Crippen molar-refractivity contribution in [2.75, 3.05) is 6.61 Å². The van der Waals surface area contributed by atoms with Crippen LogP contribution in [0.15, 0.2) is 122 Å². The van der Waals surface area contributed by atoms with Crippen LogP contribution in [0.4, 0.5) is 0 Å². The molecule has 0 bridgehead atoms. The van der Waals surface area contributed by atoms with E-state index >= 15 is 0 Å². The second kappa shape index (κ2) is 74.0. The van der Waals surface area contributed by atoms with Gasteiger partial charge >= 0.3 is 0 Å². The van der Waals surface area contributed by atoms with Gasteiger partial charge in [-0.1, -0.05) is 386 Å². The molecule has 84 heavy (non-hydrogen) atoms. The molecule has 1 amide bonds. The molecule has 0 aliphatic carbocycles. The van der Waals surface area contributed by atoms with E-state index in [-0.39, 0.29) is 12.5 Å². The minimum absolute atomic E-state index is 0.0398. The van der Waals surface area contributed by atoms with Gasteiger partial charge in [0.15, 0.2) is 0 Å². The average Bonchev–Trinajstić information content (AvgIpc) is 3.51. The van der Waals surface area contributed by atoms with E-state index in [1.165, 1.54) is 238 Å². The molecule has 3 N–H and O–H groups in total. The van der Waals surface area contributed by atoms with E-state index in [1.54, 1.807) is 0 Å². The van der Waals surface area contributed by atoms with E-state index in [0.29, 0.717) is 12.8 Å². The Balaban J connectivity index is 3.52. The maximum atomic E-state index is 12.6. The van der Waals surface area contributed by atoms with Crippen molar-refractivity contribution in [3.8, 4) is 0 Å². The van der Waals surface area contributed by atoms with Crippen molar-refractivity contribution in [2.45, 2.75) is 373 Å². The molecule has 0 aromatic carbocycles. The Morgan fingerprint density at radius 1 is 0.298 bits per heavy atom. The molecule has 0 saturated heterocycles. The Bertz CT molecular complexity index is 1610. The Morgan fingerprint density at radius 3 is 0.786 bits per heavy atom. The van der Waals surface area contributed by atoms with Crippen LogP contribution in [0.5, 0.6) is 0 Å². The summed E-state index contributed by atoms with van der Waals surface area (Å²) in [6, 6.07) is -0.552. The van der Waals surface area contributed by atoms with Gasteiger partial charge in [-0.05, 0) is 89.9 Å². The molecule has 0 saturated carbocycles. The first kappa shape index (κ1) is 80.8. The fourth-order valence-corrected chi connectivity index (χ4v) is 11.0. The predicted molar refractivity (Wildman–Crippen MR) is 377 cm³/mol. The first-order chi connectivity index (χ1) is 41.7. The molecule has 0 aromatic rings. The van der Waals surface area contributed by atoms with Crippen LogP contribution in [-0.4, -0.2) is 34.9 Å². The second-order valence-corrected chi connectivity index (χ2v) is 24.6. The fourth-order valence-electron chi connectivity index (χ4n) is 11.0. The van der Waals surface area contributed by atoms with E-state index in [2.05, 4.69) is 141 Å². The van der Waals surface area contributed by atoms with E-state index in [0.717, 1.165) is 96.3 Å². The smallest absolute Gasteiger partial charge is 0.220 e. The van der Waals surface area contributed by atoms with Crippen molar-refractivity contribution < 1.29 is 15.0 Å².